The van der Waals surface area contributed by atoms with Gasteiger partial charge in [0.05, 0.1) is 12.2 Å². The number of likely N-dealkylation sites (tertiary alicyclic amines) is 1. The second kappa shape index (κ2) is 8.95. The van der Waals surface area contributed by atoms with Crippen LogP contribution in [-0.2, 0) is 4.79 Å². The first-order chi connectivity index (χ1) is 12.5. The molecule has 4 nitrogen and oxygen atoms in total. The highest BCUT2D eigenvalue weighted by molar-refractivity contribution is 9.11. The molecule has 0 spiro atoms. The fourth-order valence-electron chi connectivity index (χ4n) is 3.19. The number of piperidine rings is 1. The Balaban J connectivity index is 1.56. The number of rotatable bonds is 4. The monoisotopic (exact) mass is 543 g/mol. The molecular weight excluding hydrogens is 526 g/mol. The van der Waals surface area contributed by atoms with Gasteiger partial charge in [0.1, 0.15) is 0 Å². The summed E-state index contributed by atoms with van der Waals surface area (Å²) in [5, 5.41) is 3.03. The van der Waals surface area contributed by atoms with Crippen LogP contribution in [0.25, 0.3) is 0 Å². The van der Waals surface area contributed by atoms with E-state index in [0.717, 1.165) is 56.3 Å². The Hall–Kier alpha value is -0.760. The average molecular weight is 546 g/mol. The van der Waals surface area contributed by atoms with Crippen molar-refractivity contribution in [2.45, 2.75) is 25.7 Å². The third kappa shape index (κ3) is 4.74. The second-order valence-electron chi connectivity index (χ2n) is 6.51. The summed E-state index contributed by atoms with van der Waals surface area (Å²) in [4.78, 5) is 19.2. The van der Waals surface area contributed by atoms with Gasteiger partial charge in [-0.25, -0.2) is 0 Å². The van der Waals surface area contributed by atoms with E-state index in [4.69, 9.17) is 0 Å². The van der Waals surface area contributed by atoms with E-state index in [9.17, 15) is 4.79 Å². The summed E-state index contributed by atoms with van der Waals surface area (Å²) in [5.41, 5.74) is 2.99. The molecular formula is C19H20Br3N3O. The van der Waals surface area contributed by atoms with Crippen LogP contribution in [0, 0.1) is 6.92 Å². The molecule has 1 aromatic carbocycles. The summed E-state index contributed by atoms with van der Waals surface area (Å²) in [6, 6.07) is 8.03. The molecule has 2 aromatic rings. The number of halogens is 3. The highest BCUT2D eigenvalue weighted by atomic mass is 79.9. The molecule has 1 aliphatic rings. The highest BCUT2D eigenvalue weighted by Gasteiger charge is 2.23. The molecule has 1 saturated heterocycles. The molecule has 2 heterocycles. The summed E-state index contributed by atoms with van der Waals surface area (Å²) >= 11 is 10.6. The molecule has 0 unspecified atom stereocenters. The number of anilines is 1. The first-order valence-corrected chi connectivity index (χ1v) is 10.9. The van der Waals surface area contributed by atoms with E-state index >= 15 is 0 Å². The normalized spacial score (nSPS) is 15.8. The number of carbonyl (C=O) groups excluding carboxylic acids is 1. The number of amides is 1. The van der Waals surface area contributed by atoms with Crippen molar-refractivity contribution in [3.63, 3.8) is 0 Å². The molecule has 3 rings (SSSR count). The van der Waals surface area contributed by atoms with Crippen LogP contribution in [0.2, 0.25) is 0 Å². The Morgan fingerprint density at radius 2 is 1.96 bits per heavy atom. The average Bonchev–Trinajstić information content (AvgIpc) is 2.65. The van der Waals surface area contributed by atoms with Crippen molar-refractivity contribution in [1.29, 1.82) is 0 Å². The van der Waals surface area contributed by atoms with E-state index in [1.165, 1.54) is 0 Å². The highest BCUT2D eigenvalue weighted by Crippen LogP contribution is 2.38. The number of hydrogen-bond acceptors (Lipinski definition) is 3. The van der Waals surface area contributed by atoms with E-state index in [1.54, 1.807) is 0 Å². The van der Waals surface area contributed by atoms with Crippen LogP contribution in [-0.4, -0.2) is 35.4 Å². The summed E-state index contributed by atoms with van der Waals surface area (Å²) < 4.78 is 2.73. The van der Waals surface area contributed by atoms with Gasteiger partial charge in [0.2, 0.25) is 5.91 Å². The number of pyridine rings is 1. The molecule has 0 aliphatic carbocycles. The molecule has 1 fully saturated rings. The summed E-state index contributed by atoms with van der Waals surface area (Å²) in [7, 11) is 0. The SMILES string of the molecule is Cc1c(Br)cc(Br)c(NC(=O)CN2CCC(c3ccccn3)CC2)c1Br. The quantitative estimate of drug-likeness (QED) is 0.552. The number of benzene rings is 1. The molecule has 26 heavy (non-hydrogen) atoms. The minimum absolute atomic E-state index is 0.00408. The molecule has 0 radical (unpaired) electrons. The van der Waals surface area contributed by atoms with Crippen LogP contribution in [0.5, 0.6) is 0 Å². The van der Waals surface area contributed by atoms with E-state index in [-0.39, 0.29) is 5.91 Å². The first kappa shape index (κ1) is 20.0. The van der Waals surface area contributed by atoms with E-state index in [0.29, 0.717) is 12.5 Å². The van der Waals surface area contributed by atoms with Crippen LogP contribution < -0.4 is 5.32 Å². The van der Waals surface area contributed by atoms with Crippen molar-refractivity contribution in [2.75, 3.05) is 25.0 Å². The lowest BCUT2D eigenvalue weighted by atomic mass is 9.93. The summed E-state index contributed by atoms with van der Waals surface area (Å²) in [6.07, 6.45) is 3.93. The molecule has 1 amide bonds. The summed E-state index contributed by atoms with van der Waals surface area (Å²) in [5.74, 6) is 0.498. The molecule has 1 N–H and O–H groups in total. The third-order valence-corrected chi connectivity index (χ3v) is 7.16. The van der Waals surface area contributed by atoms with Gasteiger partial charge in [0, 0.05) is 31.2 Å². The van der Waals surface area contributed by atoms with E-state index in [1.807, 2.05) is 31.3 Å². The lowest BCUT2D eigenvalue weighted by Gasteiger charge is -2.31. The number of aromatic nitrogens is 1. The number of nitrogens with one attached hydrogen (secondary N) is 1. The van der Waals surface area contributed by atoms with Crippen LogP contribution in [0.1, 0.15) is 30.0 Å². The third-order valence-electron chi connectivity index (χ3n) is 4.72. The standard InChI is InChI=1S/C19H20Br3N3O/c1-12-14(20)10-15(21)19(18(12)22)24-17(26)11-25-8-5-13(6-9-25)16-4-2-3-7-23-16/h2-4,7,10,13H,5-6,8-9,11H2,1H3,(H,24,26). The van der Waals surface area contributed by atoms with Crippen molar-refractivity contribution in [1.82, 2.24) is 9.88 Å². The van der Waals surface area contributed by atoms with Crippen molar-refractivity contribution >= 4 is 59.4 Å². The Morgan fingerprint density at radius 1 is 1.23 bits per heavy atom. The molecule has 1 aliphatic heterocycles. The van der Waals surface area contributed by atoms with Gasteiger partial charge < -0.3 is 5.32 Å². The molecule has 138 valence electrons. The van der Waals surface area contributed by atoms with Crippen molar-refractivity contribution < 1.29 is 4.79 Å². The predicted molar refractivity (Wildman–Crippen MR) is 116 cm³/mol. The zero-order chi connectivity index (χ0) is 18.7. The largest absolute Gasteiger partial charge is 0.323 e. The fourth-order valence-corrected chi connectivity index (χ4v) is 5.51. The Morgan fingerprint density at radius 3 is 2.62 bits per heavy atom. The zero-order valence-electron chi connectivity index (χ0n) is 14.4. The lowest BCUT2D eigenvalue weighted by molar-refractivity contribution is -0.117. The van der Waals surface area contributed by atoms with Gasteiger partial charge in [0.25, 0.3) is 0 Å². The Bertz CT molecular complexity index is 790. The first-order valence-electron chi connectivity index (χ1n) is 8.53. The smallest absolute Gasteiger partial charge is 0.238 e. The molecule has 1 aromatic heterocycles. The van der Waals surface area contributed by atoms with Gasteiger partial charge in [-0.3, -0.25) is 14.7 Å². The number of nitrogens with zero attached hydrogens (tertiary/aromatic N) is 2. The summed E-state index contributed by atoms with van der Waals surface area (Å²) in [6.45, 7) is 4.23. The fraction of sp³-hybridized carbons (Fsp3) is 0.368. The van der Waals surface area contributed by atoms with Crippen LogP contribution >= 0.6 is 47.8 Å². The minimum atomic E-state index is 0.00408. The number of carbonyl (C=O) groups is 1. The second-order valence-corrected chi connectivity index (χ2v) is 9.01. The van der Waals surface area contributed by atoms with Gasteiger partial charge in [-0.1, -0.05) is 22.0 Å². The molecule has 0 atom stereocenters. The van der Waals surface area contributed by atoms with Gasteiger partial charge in [-0.2, -0.15) is 0 Å². The van der Waals surface area contributed by atoms with Gasteiger partial charge >= 0.3 is 0 Å². The van der Waals surface area contributed by atoms with Crippen LogP contribution in [0.3, 0.4) is 0 Å². The molecule has 0 saturated carbocycles. The Kier molecular flexibility index (Phi) is 6.88. The topological polar surface area (TPSA) is 45.2 Å². The predicted octanol–water partition coefficient (Wildman–Crippen LogP) is 5.50. The zero-order valence-corrected chi connectivity index (χ0v) is 19.2. The maximum absolute atomic E-state index is 12.5. The van der Waals surface area contributed by atoms with Crippen molar-refractivity contribution in [3.8, 4) is 0 Å². The van der Waals surface area contributed by atoms with Crippen LogP contribution in [0.15, 0.2) is 43.9 Å². The van der Waals surface area contributed by atoms with Crippen molar-refractivity contribution in [3.05, 3.63) is 55.1 Å². The van der Waals surface area contributed by atoms with Gasteiger partial charge in [0.15, 0.2) is 0 Å². The van der Waals surface area contributed by atoms with Gasteiger partial charge in [-0.05, 0) is 88.5 Å². The van der Waals surface area contributed by atoms with E-state index in [2.05, 4.69) is 69.1 Å². The van der Waals surface area contributed by atoms with E-state index < -0.39 is 0 Å². The maximum Gasteiger partial charge on any atom is 0.238 e. The Labute approximate surface area is 179 Å². The van der Waals surface area contributed by atoms with Crippen LogP contribution in [0.4, 0.5) is 5.69 Å². The minimum Gasteiger partial charge on any atom is -0.323 e. The maximum atomic E-state index is 12.5. The number of hydrogen-bond donors (Lipinski definition) is 1. The molecule has 0 bridgehead atoms. The lowest BCUT2D eigenvalue weighted by Crippen LogP contribution is -2.39. The van der Waals surface area contributed by atoms with Gasteiger partial charge in [-0.15, -0.1) is 0 Å². The van der Waals surface area contributed by atoms with Crippen molar-refractivity contribution in [2.24, 2.45) is 0 Å². The molecule has 7 heteroatoms.